The number of aryl methyl sites for hydroxylation is 2. The summed E-state index contributed by atoms with van der Waals surface area (Å²) >= 11 is 0. The van der Waals surface area contributed by atoms with Gasteiger partial charge in [0.15, 0.2) is 0 Å². The molecule has 5 rings (SSSR count). The van der Waals surface area contributed by atoms with E-state index in [0.717, 1.165) is 81.5 Å². The van der Waals surface area contributed by atoms with Crippen LogP contribution in [0, 0.1) is 25.6 Å². The van der Waals surface area contributed by atoms with Crippen LogP contribution in [0.15, 0.2) is 36.5 Å². The van der Waals surface area contributed by atoms with Crippen molar-refractivity contribution >= 4 is 11.8 Å². The third-order valence-corrected chi connectivity index (χ3v) is 8.87. The maximum Gasteiger partial charge on any atom is 0.255 e. The zero-order valence-corrected chi connectivity index (χ0v) is 22.4. The van der Waals surface area contributed by atoms with E-state index in [4.69, 9.17) is 0 Å². The normalized spacial score (nSPS) is 20.6. The third-order valence-electron chi connectivity index (χ3n) is 8.87. The van der Waals surface area contributed by atoms with Crippen LogP contribution >= 0.6 is 0 Å². The van der Waals surface area contributed by atoms with E-state index in [1.165, 1.54) is 6.07 Å². The van der Waals surface area contributed by atoms with Gasteiger partial charge in [0.05, 0.1) is 11.3 Å². The van der Waals surface area contributed by atoms with Crippen molar-refractivity contribution in [2.75, 3.05) is 26.2 Å². The average Bonchev–Trinajstić information content (AvgIpc) is 3.74. The van der Waals surface area contributed by atoms with Crippen LogP contribution in [0.25, 0.3) is 0 Å². The summed E-state index contributed by atoms with van der Waals surface area (Å²) in [5, 5.41) is 0. The highest BCUT2D eigenvalue weighted by Crippen LogP contribution is 2.36. The van der Waals surface area contributed by atoms with E-state index in [1.807, 2.05) is 35.8 Å². The lowest BCUT2D eigenvalue weighted by molar-refractivity contribution is -0.137. The molecule has 0 spiro atoms. The number of pyridine rings is 1. The van der Waals surface area contributed by atoms with Crippen LogP contribution in [-0.2, 0) is 11.3 Å². The lowest BCUT2D eigenvalue weighted by atomic mass is 9.85. The zero-order chi connectivity index (χ0) is 26.2. The lowest BCUT2D eigenvalue weighted by Gasteiger charge is -2.50. The summed E-state index contributed by atoms with van der Waals surface area (Å²) in [5.41, 5.74) is 3.15. The number of rotatable bonds is 6. The second kappa shape index (κ2) is 10.5. The maximum atomic E-state index is 14.4. The Bertz CT molecular complexity index is 1130. The number of nitrogens with zero attached hydrogens (tertiary/aromatic N) is 4. The first-order valence-corrected chi connectivity index (χ1v) is 13.8. The van der Waals surface area contributed by atoms with Crippen LogP contribution in [0.3, 0.4) is 0 Å². The first-order chi connectivity index (χ1) is 17.8. The van der Waals surface area contributed by atoms with Gasteiger partial charge in [-0.15, -0.1) is 0 Å². The van der Waals surface area contributed by atoms with Crippen LogP contribution in [0.5, 0.6) is 0 Å². The van der Waals surface area contributed by atoms with Gasteiger partial charge in [-0.1, -0.05) is 18.2 Å². The monoisotopic (exact) mass is 506 g/mol. The SMILES string of the molecule is Cc1ccnc(C)c1C(=O)N1CCC(C)(N2CCC(N(Cc3ccccc3F)C(=O)C3CC3)CC2)CC1. The Labute approximate surface area is 219 Å². The smallest absolute Gasteiger partial charge is 0.255 e. The van der Waals surface area contributed by atoms with Gasteiger partial charge < -0.3 is 9.80 Å². The van der Waals surface area contributed by atoms with Gasteiger partial charge in [-0.2, -0.15) is 0 Å². The number of amides is 2. The van der Waals surface area contributed by atoms with E-state index in [1.54, 1.807) is 18.3 Å². The molecule has 1 aromatic heterocycles. The van der Waals surface area contributed by atoms with Crippen molar-refractivity contribution in [3.63, 3.8) is 0 Å². The van der Waals surface area contributed by atoms with Crippen LogP contribution in [0.1, 0.15) is 72.6 Å². The van der Waals surface area contributed by atoms with Gasteiger partial charge >= 0.3 is 0 Å². The van der Waals surface area contributed by atoms with Crippen LogP contribution in [-0.4, -0.2) is 69.3 Å². The fraction of sp³-hybridized carbons (Fsp3) is 0.567. The van der Waals surface area contributed by atoms with E-state index >= 15 is 0 Å². The van der Waals surface area contributed by atoms with E-state index in [9.17, 15) is 14.0 Å². The molecule has 2 saturated heterocycles. The Morgan fingerprint density at radius 1 is 1.03 bits per heavy atom. The number of benzene rings is 1. The minimum absolute atomic E-state index is 0.0393. The number of hydrogen-bond acceptors (Lipinski definition) is 4. The molecule has 0 atom stereocenters. The molecule has 1 aliphatic carbocycles. The summed E-state index contributed by atoms with van der Waals surface area (Å²) in [5.74, 6) is 0.169. The van der Waals surface area contributed by atoms with Gasteiger partial charge in [0.25, 0.3) is 5.91 Å². The van der Waals surface area contributed by atoms with Crippen LogP contribution < -0.4 is 0 Å². The van der Waals surface area contributed by atoms with E-state index in [0.29, 0.717) is 12.1 Å². The maximum absolute atomic E-state index is 14.4. The summed E-state index contributed by atoms with van der Waals surface area (Å²) in [7, 11) is 0. The molecule has 1 saturated carbocycles. The minimum Gasteiger partial charge on any atom is -0.338 e. The van der Waals surface area contributed by atoms with Gasteiger partial charge in [0.1, 0.15) is 5.82 Å². The highest BCUT2D eigenvalue weighted by atomic mass is 19.1. The largest absolute Gasteiger partial charge is 0.338 e. The van der Waals surface area contributed by atoms with Crippen molar-refractivity contribution < 1.29 is 14.0 Å². The van der Waals surface area contributed by atoms with Gasteiger partial charge in [0.2, 0.25) is 5.91 Å². The van der Waals surface area contributed by atoms with Crippen LogP contribution in [0.2, 0.25) is 0 Å². The first-order valence-electron chi connectivity index (χ1n) is 13.8. The molecular weight excluding hydrogens is 467 g/mol. The Kier molecular flexibility index (Phi) is 7.35. The Morgan fingerprint density at radius 3 is 2.32 bits per heavy atom. The molecule has 1 aromatic carbocycles. The predicted molar refractivity (Wildman–Crippen MR) is 142 cm³/mol. The topological polar surface area (TPSA) is 56.8 Å². The molecule has 6 nitrogen and oxygen atoms in total. The molecule has 3 heterocycles. The molecule has 198 valence electrons. The number of hydrogen-bond donors (Lipinski definition) is 0. The van der Waals surface area contributed by atoms with Crippen molar-refractivity contribution in [2.24, 2.45) is 5.92 Å². The van der Waals surface area contributed by atoms with Gasteiger partial charge in [-0.25, -0.2) is 4.39 Å². The lowest BCUT2D eigenvalue weighted by Crippen LogP contribution is -2.58. The summed E-state index contributed by atoms with van der Waals surface area (Å²) in [4.78, 5) is 37.3. The molecule has 2 aliphatic heterocycles. The molecule has 2 aromatic rings. The zero-order valence-electron chi connectivity index (χ0n) is 22.4. The molecule has 37 heavy (non-hydrogen) atoms. The van der Waals surface area contributed by atoms with Crippen molar-refractivity contribution in [3.05, 3.63) is 64.7 Å². The van der Waals surface area contributed by atoms with Crippen LogP contribution in [0.4, 0.5) is 4.39 Å². The summed E-state index contributed by atoms with van der Waals surface area (Å²) in [6.07, 6.45) is 7.34. The quantitative estimate of drug-likeness (QED) is 0.568. The number of piperidine rings is 2. The fourth-order valence-electron chi connectivity index (χ4n) is 6.16. The van der Waals surface area contributed by atoms with Gasteiger partial charge in [0, 0.05) is 62.0 Å². The van der Waals surface area contributed by atoms with Crippen molar-refractivity contribution in [1.82, 2.24) is 19.7 Å². The number of likely N-dealkylation sites (tertiary alicyclic amines) is 2. The van der Waals surface area contributed by atoms with E-state index < -0.39 is 0 Å². The number of aromatic nitrogens is 1. The van der Waals surface area contributed by atoms with Crippen molar-refractivity contribution in [2.45, 2.75) is 77.4 Å². The number of carbonyl (C=O) groups excluding carboxylic acids is 2. The van der Waals surface area contributed by atoms with Gasteiger partial charge in [-0.05, 0) is 77.0 Å². The van der Waals surface area contributed by atoms with E-state index in [2.05, 4.69) is 16.8 Å². The Hall–Kier alpha value is -2.80. The van der Waals surface area contributed by atoms with Crippen molar-refractivity contribution in [1.29, 1.82) is 0 Å². The molecular formula is C30H39FN4O2. The van der Waals surface area contributed by atoms with E-state index in [-0.39, 0.29) is 35.1 Å². The van der Waals surface area contributed by atoms with Crippen molar-refractivity contribution in [3.8, 4) is 0 Å². The molecule has 0 radical (unpaired) electrons. The highest BCUT2D eigenvalue weighted by molar-refractivity contribution is 5.96. The molecule has 0 N–H and O–H groups in total. The standard InChI is InChI=1S/C30H39FN4O2/c1-21-10-15-32-22(2)27(21)29(37)33-18-13-30(3,14-19-33)34-16-11-25(12-17-34)35(28(36)23-8-9-23)20-24-6-4-5-7-26(24)31/h4-7,10,15,23,25H,8-9,11-14,16-20H2,1-3H3. The first kappa shape index (κ1) is 25.8. The second-order valence-corrected chi connectivity index (χ2v) is 11.4. The van der Waals surface area contributed by atoms with Gasteiger partial charge in [-0.3, -0.25) is 19.5 Å². The fourth-order valence-corrected chi connectivity index (χ4v) is 6.16. The Balaban J connectivity index is 1.20. The molecule has 2 amide bonds. The average molecular weight is 507 g/mol. The molecule has 3 fully saturated rings. The highest BCUT2D eigenvalue weighted by Gasteiger charge is 2.42. The Morgan fingerprint density at radius 2 is 1.70 bits per heavy atom. The minimum atomic E-state index is -0.237. The molecule has 7 heteroatoms. The number of halogens is 1. The predicted octanol–water partition coefficient (Wildman–Crippen LogP) is 4.74. The summed E-state index contributed by atoms with van der Waals surface area (Å²) in [6.45, 7) is 9.87. The summed E-state index contributed by atoms with van der Waals surface area (Å²) < 4.78 is 14.4. The molecule has 3 aliphatic rings. The number of carbonyl (C=O) groups is 2. The molecule has 0 unspecified atom stereocenters. The molecule has 0 bridgehead atoms. The second-order valence-electron chi connectivity index (χ2n) is 11.4. The third kappa shape index (κ3) is 5.42. The summed E-state index contributed by atoms with van der Waals surface area (Å²) in [6, 6.07) is 8.86.